The van der Waals surface area contributed by atoms with E-state index in [9.17, 15) is 5.11 Å². The van der Waals surface area contributed by atoms with Crippen LogP contribution in [-0.2, 0) is 13.1 Å². The molecular weight excluding hydrogens is 190 g/mol. The number of aromatic nitrogens is 1. The van der Waals surface area contributed by atoms with Crippen molar-refractivity contribution in [3.05, 3.63) is 29.7 Å². The minimum Gasteiger partial charge on any atom is -0.390 e. The molecule has 0 bridgehead atoms. The maximum Gasteiger partial charge on any atom is 0.0842 e. The van der Waals surface area contributed by atoms with Gasteiger partial charge < -0.3 is 20.3 Å². The Hall–Kier alpha value is -1.26. The van der Waals surface area contributed by atoms with E-state index in [2.05, 4.69) is 27.3 Å². The zero-order chi connectivity index (χ0) is 10.7. The Kier molecular flexibility index (Phi) is 3.08. The minimum atomic E-state index is -0.336. The number of aliphatic hydroxyl groups is 1. The zero-order valence-electron chi connectivity index (χ0n) is 8.90. The van der Waals surface area contributed by atoms with Crippen LogP contribution in [0.15, 0.2) is 18.5 Å². The predicted octanol–water partition coefficient (Wildman–Crippen LogP) is 0.142. The van der Waals surface area contributed by atoms with Gasteiger partial charge in [-0.1, -0.05) is 0 Å². The van der Waals surface area contributed by atoms with Crippen molar-refractivity contribution in [2.45, 2.75) is 19.2 Å². The number of hydrogen-bond acceptors (Lipinski definition) is 3. The van der Waals surface area contributed by atoms with E-state index in [0.717, 1.165) is 6.54 Å². The first-order valence-electron chi connectivity index (χ1n) is 5.22. The lowest BCUT2D eigenvalue weighted by molar-refractivity contribution is 0.153. The van der Waals surface area contributed by atoms with Crippen molar-refractivity contribution in [1.82, 2.24) is 15.2 Å². The molecule has 82 valence electrons. The van der Waals surface area contributed by atoms with Gasteiger partial charge in [-0.25, -0.2) is 0 Å². The Balaban J connectivity index is 2.09. The molecule has 0 saturated carbocycles. The third kappa shape index (κ3) is 2.22. The molecule has 2 heterocycles. The maximum atomic E-state index is 9.70. The molecule has 0 amide bonds. The van der Waals surface area contributed by atoms with Crippen LogP contribution in [0.3, 0.4) is 0 Å². The average Bonchev–Trinajstić information content (AvgIpc) is 2.62. The summed E-state index contributed by atoms with van der Waals surface area (Å²) in [5, 5.41) is 15.8. The summed E-state index contributed by atoms with van der Waals surface area (Å²) in [6.45, 7) is 2.10. The first-order chi connectivity index (χ1) is 7.31. The summed E-state index contributed by atoms with van der Waals surface area (Å²) in [7, 11) is 1.85. The minimum absolute atomic E-state index is 0.336. The van der Waals surface area contributed by atoms with Gasteiger partial charge in [-0.05, 0) is 31.0 Å². The van der Waals surface area contributed by atoms with Gasteiger partial charge in [0.15, 0.2) is 0 Å². The van der Waals surface area contributed by atoms with Gasteiger partial charge in [0.1, 0.15) is 0 Å². The van der Waals surface area contributed by atoms with E-state index in [-0.39, 0.29) is 6.10 Å². The number of likely N-dealkylation sites (N-methyl/N-ethyl adjacent to an activating group) is 1. The number of aliphatic hydroxyl groups excluding tert-OH is 1. The predicted molar refractivity (Wildman–Crippen MR) is 60.2 cm³/mol. The molecule has 0 aromatic carbocycles. The molecule has 0 radical (unpaired) electrons. The summed E-state index contributed by atoms with van der Waals surface area (Å²) in [4.78, 5) is 0. The van der Waals surface area contributed by atoms with Gasteiger partial charge >= 0.3 is 0 Å². The Labute approximate surface area is 89.6 Å². The lowest BCUT2D eigenvalue weighted by atomic mass is 10.2. The fourth-order valence-corrected chi connectivity index (χ4v) is 1.88. The van der Waals surface area contributed by atoms with Crippen molar-refractivity contribution in [3.8, 4) is 0 Å². The summed E-state index contributed by atoms with van der Waals surface area (Å²) in [5.74, 6) is 0. The standard InChI is InChI=1S/C11H17N3O/c1-12-6-10(15)8-14-5-3-9-2-4-13-7-11(9)14/h2-5,10,12-13,15H,6-8H2,1H3/t10-/m1/s1. The molecule has 0 spiro atoms. The van der Waals surface area contributed by atoms with Crippen molar-refractivity contribution in [2.24, 2.45) is 0 Å². The highest BCUT2D eigenvalue weighted by Gasteiger charge is 2.11. The summed E-state index contributed by atoms with van der Waals surface area (Å²) in [6, 6.07) is 2.08. The van der Waals surface area contributed by atoms with Crippen LogP contribution in [0.5, 0.6) is 0 Å². The first-order valence-corrected chi connectivity index (χ1v) is 5.22. The summed E-state index contributed by atoms with van der Waals surface area (Å²) in [6.07, 6.45) is 5.70. The van der Waals surface area contributed by atoms with E-state index < -0.39 is 0 Å². The molecule has 3 N–H and O–H groups in total. The highest BCUT2D eigenvalue weighted by molar-refractivity contribution is 5.54. The molecule has 0 saturated heterocycles. The van der Waals surface area contributed by atoms with Crippen LogP contribution in [0.1, 0.15) is 11.3 Å². The molecule has 0 fully saturated rings. The van der Waals surface area contributed by atoms with Crippen LogP contribution in [0, 0.1) is 0 Å². The monoisotopic (exact) mass is 207 g/mol. The molecule has 1 aromatic heterocycles. The van der Waals surface area contributed by atoms with Crippen molar-refractivity contribution >= 4 is 6.08 Å². The van der Waals surface area contributed by atoms with E-state index >= 15 is 0 Å². The lowest BCUT2D eigenvalue weighted by Gasteiger charge is -2.16. The van der Waals surface area contributed by atoms with E-state index in [1.807, 2.05) is 19.4 Å². The van der Waals surface area contributed by atoms with Crippen LogP contribution < -0.4 is 10.6 Å². The molecule has 1 atom stereocenters. The van der Waals surface area contributed by atoms with Crippen LogP contribution in [0.4, 0.5) is 0 Å². The third-order valence-electron chi connectivity index (χ3n) is 2.61. The van der Waals surface area contributed by atoms with Crippen molar-refractivity contribution in [1.29, 1.82) is 0 Å². The summed E-state index contributed by atoms with van der Waals surface area (Å²) < 4.78 is 2.10. The Bertz CT molecular complexity index is 357. The normalized spacial score (nSPS) is 15.9. The van der Waals surface area contributed by atoms with Crippen LogP contribution >= 0.6 is 0 Å². The summed E-state index contributed by atoms with van der Waals surface area (Å²) >= 11 is 0. The molecule has 15 heavy (non-hydrogen) atoms. The quantitative estimate of drug-likeness (QED) is 0.658. The second-order valence-corrected chi connectivity index (χ2v) is 3.80. The first kappa shape index (κ1) is 10.3. The van der Waals surface area contributed by atoms with Crippen molar-refractivity contribution in [3.63, 3.8) is 0 Å². The number of nitrogens with zero attached hydrogens (tertiary/aromatic N) is 1. The van der Waals surface area contributed by atoms with Gasteiger partial charge in [0.2, 0.25) is 0 Å². The zero-order valence-corrected chi connectivity index (χ0v) is 8.90. The van der Waals surface area contributed by atoms with E-state index in [0.29, 0.717) is 13.1 Å². The number of fused-ring (bicyclic) bond motifs is 1. The molecule has 4 heteroatoms. The van der Waals surface area contributed by atoms with Gasteiger partial charge in [-0.3, -0.25) is 0 Å². The van der Waals surface area contributed by atoms with Gasteiger partial charge in [-0.2, -0.15) is 0 Å². The fraction of sp³-hybridized carbons (Fsp3) is 0.455. The Morgan fingerprint density at radius 3 is 3.33 bits per heavy atom. The number of rotatable bonds is 4. The lowest BCUT2D eigenvalue weighted by Crippen LogP contribution is -2.29. The van der Waals surface area contributed by atoms with Crippen molar-refractivity contribution < 1.29 is 5.11 Å². The van der Waals surface area contributed by atoms with E-state index in [1.165, 1.54) is 11.3 Å². The highest BCUT2D eigenvalue weighted by atomic mass is 16.3. The fourth-order valence-electron chi connectivity index (χ4n) is 1.88. The van der Waals surface area contributed by atoms with E-state index in [1.54, 1.807) is 0 Å². The number of hydrogen-bond donors (Lipinski definition) is 3. The SMILES string of the molecule is CNC[C@@H](O)Cn1ccc2c1CNC=C2. The van der Waals surface area contributed by atoms with Crippen LogP contribution in [-0.4, -0.2) is 29.4 Å². The highest BCUT2D eigenvalue weighted by Crippen LogP contribution is 2.16. The second-order valence-electron chi connectivity index (χ2n) is 3.80. The van der Waals surface area contributed by atoms with Gasteiger partial charge in [0.05, 0.1) is 12.6 Å². The van der Waals surface area contributed by atoms with Crippen LogP contribution in [0.2, 0.25) is 0 Å². The maximum absolute atomic E-state index is 9.70. The van der Waals surface area contributed by atoms with Gasteiger partial charge in [0.25, 0.3) is 0 Å². The van der Waals surface area contributed by atoms with E-state index in [4.69, 9.17) is 0 Å². The molecule has 0 aliphatic carbocycles. The molecule has 1 aromatic rings. The number of nitrogens with one attached hydrogen (secondary N) is 2. The second kappa shape index (κ2) is 4.51. The molecule has 2 rings (SSSR count). The molecule has 1 aliphatic heterocycles. The topological polar surface area (TPSA) is 49.2 Å². The molecular formula is C11H17N3O. The molecule has 0 unspecified atom stereocenters. The largest absolute Gasteiger partial charge is 0.390 e. The molecule has 4 nitrogen and oxygen atoms in total. The van der Waals surface area contributed by atoms with Crippen LogP contribution in [0.25, 0.3) is 6.08 Å². The Morgan fingerprint density at radius 1 is 1.67 bits per heavy atom. The summed E-state index contributed by atoms with van der Waals surface area (Å²) in [5.41, 5.74) is 2.48. The van der Waals surface area contributed by atoms with Gasteiger partial charge in [-0.15, -0.1) is 0 Å². The van der Waals surface area contributed by atoms with Crippen molar-refractivity contribution in [2.75, 3.05) is 13.6 Å². The van der Waals surface area contributed by atoms with Gasteiger partial charge in [0, 0.05) is 25.0 Å². The smallest absolute Gasteiger partial charge is 0.0842 e. The average molecular weight is 207 g/mol. The Morgan fingerprint density at radius 2 is 2.53 bits per heavy atom. The molecule has 1 aliphatic rings. The third-order valence-corrected chi connectivity index (χ3v) is 2.61.